The largest absolute Gasteiger partial charge is 0.345 e. The highest BCUT2D eigenvalue weighted by Gasteiger charge is 2.16. The Morgan fingerprint density at radius 2 is 2.04 bits per heavy atom. The van der Waals surface area contributed by atoms with E-state index in [0.717, 1.165) is 16.8 Å². The summed E-state index contributed by atoms with van der Waals surface area (Å²) in [6, 6.07) is 7.46. The van der Waals surface area contributed by atoms with Gasteiger partial charge in [-0.25, -0.2) is 0 Å². The smallest absolute Gasteiger partial charge is 0.254 e. The summed E-state index contributed by atoms with van der Waals surface area (Å²) in [4.78, 5) is 12.5. The lowest BCUT2D eigenvalue weighted by atomic mass is 10.1. The highest BCUT2D eigenvalue weighted by atomic mass is 35.5. The summed E-state index contributed by atoms with van der Waals surface area (Å²) in [5.41, 5.74) is 3.50. The molecule has 2 heterocycles. The Labute approximate surface area is 151 Å². The molecule has 0 spiro atoms. The molecular weight excluding hydrogens is 338 g/mol. The molecule has 0 bridgehead atoms. The number of amides is 1. The Balaban J connectivity index is 1.68. The zero-order valence-electron chi connectivity index (χ0n) is 14.4. The van der Waals surface area contributed by atoms with E-state index in [4.69, 9.17) is 11.6 Å². The average molecular weight is 358 g/mol. The molecule has 0 radical (unpaired) electrons. The third-order valence-corrected chi connectivity index (χ3v) is 4.64. The van der Waals surface area contributed by atoms with Crippen molar-refractivity contribution in [1.82, 2.24) is 24.9 Å². The predicted molar refractivity (Wildman–Crippen MR) is 96.6 cm³/mol. The molecule has 1 atom stereocenters. The van der Waals surface area contributed by atoms with Gasteiger partial charge in [-0.3, -0.25) is 14.2 Å². The summed E-state index contributed by atoms with van der Waals surface area (Å²) < 4.78 is 3.50. The summed E-state index contributed by atoms with van der Waals surface area (Å²) in [5.74, 6) is -0.166. The summed E-state index contributed by atoms with van der Waals surface area (Å²) >= 11 is 6.17. The van der Waals surface area contributed by atoms with Gasteiger partial charge in [0.25, 0.3) is 5.91 Å². The number of benzene rings is 1. The first-order chi connectivity index (χ1) is 12.0. The fourth-order valence-corrected chi connectivity index (χ4v) is 2.86. The Bertz CT molecular complexity index is 899. The van der Waals surface area contributed by atoms with Crippen molar-refractivity contribution in [1.29, 1.82) is 0 Å². The lowest BCUT2D eigenvalue weighted by Gasteiger charge is -2.13. The van der Waals surface area contributed by atoms with Crippen molar-refractivity contribution in [3.8, 4) is 0 Å². The van der Waals surface area contributed by atoms with Crippen molar-refractivity contribution in [3.05, 3.63) is 70.3 Å². The molecule has 1 amide bonds. The fraction of sp³-hybridized carbons (Fsp3) is 0.278. The van der Waals surface area contributed by atoms with E-state index in [2.05, 4.69) is 15.5 Å². The molecule has 25 heavy (non-hydrogen) atoms. The normalized spacial score (nSPS) is 12.2. The van der Waals surface area contributed by atoms with Crippen LogP contribution in [-0.4, -0.2) is 25.5 Å². The Kier molecular flexibility index (Phi) is 4.90. The number of hydrogen-bond donors (Lipinski definition) is 1. The van der Waals surface area contributed by atoms with Crippen molar-refractivity contribution in [3.63, 3.8) is 0 Å². The summed E-state index contributed by atoms with van der Waals surface area (Å²) in [5, 5.41) is 12.1. The minimum atomic E-state index is -0.166. The van der Waals surface area contributed by atoms with Crippen molar-refractivity contribution >= 4 is 17.5 Å². The molecule has 1 aromatic carbocycles. The van der Waals surface area contributed by atoms with Gasteiger partial charge >= 0.3 is 0 Å². The molecule has 0 aliphatic heterocycles. The number of carbonyl (C=O) groups is 1. The van der Waals surface area contributed by atoms with Crippen molar-refractivity contribution in [2.24, 2.45) is 7.05 Å². The minimum absolute atomic E-state index is 0.131. The van der Waals surface area contributed by atoms with Crippen LogP contribution in [0, 0.1) is 6.92 Å². The average Bonchev–Trinajstić information content (AvgIpc) is 3.17. The maximum atomic E-state index is 12.5. The van der Waals surface area contributed by atoms with Gasteiger partial charge in [-0.15, -0.1) is 0 Å². The number of hydrogen-bond acceptors (Lipinski definition) is 3. The topological polar surface area (TPSA) is 64.7 Å². The number of halogens is 1. The van der Waals surface area contributed by atoms with E-state index in [1.807, 2.05) is 45.2 Å². The number of nitrogens with one attached hydrogen (secondary N) is 1. The van der Waals surface area contributed by atoms with Crippen LogP contribution in [0.4, 0.5) is 0 Å². The van der Waals surface area contributed by atoms with E-state index >= 15 is 0 Å². The molecular formula is C18H20ClN5O. The number of aryl methyl sites for hydroxylation is 1. The Morgan fingerprint density at radius 1 is 1.28 bits per heavy atom. The van der Waals surface area contributed by atoms with E-state index in [9.17, 15) is 4.79 Å². The minimum Gasteiger partial charge on any atom is -0.345 e. The van der Waals surface area contributed by atoms with Crippen LogP contribution in [0.5, 0.6) is 0 Å². The van der Waals surface area contributed by atoms with E-state index < -0.39 is 0 Å². The number of aromatic nitrogens is 4. The van der Waals surface area contributed by atoms with Gasteiger partial charge in [-0.05, 0) is 25.5 Å². The summed E-state index contributed by atoms with van der Waals surface area (Å²) in [6.07, 6.45) is 5.07. The molecule has 1 N–H and O–H groups in total. The Hall–Kier alpha value is -2.60. The molecule has 0 saturated heterocycles. The first kappa shape index (κ1) is 17.2. The molecule has 3 aromatic rings. The number of carbonyl (C=O) groups excluding carboxylic acids is 1. The van der Waals surface area contributed by atoms with Crippen LogP contribution < -0.4 is 5.32 Å². The summed E-state index contributed by atoms with van der Waals surface area (Å²) in [6.45, 7) is 4.44. The zero-order chi connectivity index (χ0) is 18.0. The highest BCUT2D eigenvalue weighted by molar-refractivity contribution is 6.31. The second-order valence-corrected chi connectivity index (χ2v) is 6.43. The van der Waals surface area contributed by atoms with Crippen LogP contribution in [0.15, 0.2) is 42.9 Å². The van der Waals surface area contributed by atoms with Gasteiger partial charge in [0, 0.05) is 29.5 Å². The molecule has 0 saturated carbocycles. The van der Waals surface area contributed by atoms with Gasteiger partial charge in [-0.1, -0.05) is 29.8 Å². The van der Waals surface area contributed by atoms with Gasteiger partial charge in [0.2, 0.25) is 0 Å². The second kappa shape index (κ2) is 7.11. The predicted octanol–water partition coefficient (Wildman–Crippen LogP) is 3.12. The van der Waals surface area contributed by atoms with Gasteiger partial charge in [-0.2, -0.15) is 10.2 Å². The van der Waals surface area contributed by atoms with Crippen LogP contribution in [0.25, 0.3) is 0 Å². The highest BCUT2D eigenvalue weighted by Crippen LogP contribution is 2.18. The van der Waals surface area contributed by atoms with E-state index in [1.165, 1.54) is 0 Å². The quantitative estimate of drug-likeness (QED) is 0.763. The molecule has 3 rings (SSSR count). The molecule has 7 heteroatoms. The SMILES string of the molecule is Cc1c([C@H](C)NC(=O)c2cnn(Cc3ccccc3Cl)c2)cnn1C. The van der Waals surface area contributed by atoms with Crippen LogP contribution in [0.1, 0.15) is 40.1 Å². The van der Waals surface area contributed by atoms with Crippen LogP contribution in [0.3, 0.4) is 0 Å². The zero-order valence-corrected chi connectivity index (χ0v) is 15.2. The maximum Gasteiger partial charge on any atom is 0.254 e. The molecule has 2 aromatic heterocycles. The van der Waals surface area contributed by atoms with Crippen LogP contribution >= 0.6 is 11.6 Å². The number of rotatable bonds is 5. The van der Waals surface area contributed by atoms with Crippen molar-refractivity contribution in [2.45, 2.75) is 26.4 Å². The lowest BCUT2D eigenvalue weighted by molar-refractivity contribution is 0.0939. The standard InChI is InChI=1S/C18H20ClN5O/c1-12(16-9-20-23(3)13(16)2)22-18(25)15-8-21-24(11-15)10-14-6-4-5-7-17(14)19/h4-9,11-12H,10H2,1-3H3,(H,22,25)/t12-/m0/s1. The van der Waals surface area contributed by atoms with Gasteiger partial charge < -0.3 is 5.32 Å². The Morgan fingerprint density at radius 3 is 2.72 bits per heavy atom. The molecule has 0 fully saturated rings. The lowest BCUT2D eigenvalue weighted by Crippen LogP contribution is -2.26. The monoisotopic (exact) mass is 357 g/mol. The van der Waals surface area contributed by atoms with E-state index in [-0.39, 0.29) is 11.9 Å². The molecule has 0 aliphatic carbocycles. The third-order valence-electron chi connectivity index (χ3n) is 4.27. The third kappa shape index (κ3) is 3.74. The van der Waals surface area contributed by atoms with Crippen molar-refractivity contribution < 1.29 is 4.79 Å². The fourth-order valence-electron chi connectivity index (χ4n) is 2.67. The van der Waals surface area contributed by atoms with Gasteiger partial charge in [0.15, 0.2) is 0 Å². The van der Waals surface area contributed by atoms with E-state index in [0.29, 0.717) is 17.1 Å². The molecule has 0 aliphatic rings. The number of nitrogens with zero attached hydrogens (tertiary/aromatic N) is 4. The van der Waals surface area contributed by atoms with Crippen LogP contribution in [0.2, 0.25) is 5.02 Å². The second-order valence-electron chi connectivity index (χ2n) is 6.02. The molecule has 130 valence electrons. The molecule has 0 unspecified atom stereocenters. The maximum absolute atomic E-state index is 12.5. The summed E-state index contributed by atoms with van der Waals surface area (Å²) in [7, 11) is 1.88. The van der Waals surface area contributed by atoms with Gasteiger partial charge in [0.05, 0.1) is 30.5 Å². The first-order valence-electron chi connectivity index (χ1n) is 8.01. The van der Waals surface area contributed by atoms with E-state index in [1.54, 1.807) is 28.0 Å². The van der Waals surface area contributed by atoms with Crippen LogP contribution in [-0.2, 0) is 13.6 Å². The first-order valence-corrected chi connectivity index (χ1v) is 8.38. The van der Waals surface area contributed by atoms with Gasteiger partial charge in [0.1, 0.15) is 0 Å². The van der Waals surface area contributed by atoms with Crippen molar-refractivity contribution in [2.75, 3.05) is 0 Å². The molecule has 6 nitrogen and oxygen atoms in total.